The fourth-order valence-corrected chi connectivity index (χ4v) is 0.674. The minimum Gasteiger partial charge on any atom is -0.475 e. The predicted octanol–water partition coefficient (Wildman–Crippen LogP) is 2.69. The van der Waals surface area contributed by atoms with Gasteiger partial charge in [-0.15, -0.1) is 0 Å². The van der Waals surface area contributed by atoms with Gasteiger partial charge in [0.1, 0.15) is 5.82 Å². The molecule has 1 rings (SSSR count). The molecule has 0 radical (unpaired) electrons. The second kappa shape index (κ2) is 5.55. The molecule has 8 heteroatoms. The van der Waals surface area contributed by atoms with Crippen LogP contribution < -0.4 is 5.73 Å². The summed E-state index contributed by atoms with van der Waals surface area (Å²) in [7, 11) is 0. The van der Waals surface area contributed by atoms with Crippen LogP contribution in [0.5, 0.6) is 0 Å². The Hall–Kier alpha value is -1.50. The van der Waals surface area contributed by atoms with E-state index in [1.54, 1.807) is 6.07 Å². The fraction of sp³-hybridized carbons (Fsp3) is 0.125. The van der Waals surface area contributed by atoms with Crippen molar-refractivity contribution in [1.82, 2.24) is 0 Å². The maximum absolute atomic E-state index is 12.4. The molecule has 3 N–H and O–H groups in total. The summed E-state index contributed by atoms with van der Waals surface area (Å²) < 4.78 is 44.1. The van der Waals surface area contributed by atoms with E-state index < -0.39 is 18.0 Å². The van der Waals surface area contributed by atoms with Crippen LogP contribution in [0.1, 0.15) is 0 Å². The quantitative estimate of drug-likeness (QED) is 0.556. The average molecular weight is 260 g/mol. The Kier molecular flexibility index (Phi) is 5.03. The lowest BCUT2D eigenvalue weighted by molar-refractivity contribution is -0.192. The van der Waals surface area contributed by atoms with Crippen molar-refractivity contribution in [3.8, 4) is 0 Å². The summed E-state index contributed by atoms with van der Waals surface area (Å²) in [6.07, 6.45) is -5.08. The highest BCUT2D eigenvalue weighted by atomic mass is 35.5. The Morgan fingerprint density at radius 1 is 1.38 bits per heavy atom. The Morgan fingerprint density at radius 2 is 1.81 bits per heavy atom. The van der Waals surface area contributed by atoms with Crippen molar-refractivity contribution in [3.05, 3.63) is 29.0 Å². The molecule has 0 aliphatic carbocycles. The van der Waals surface area contributed by atoms with Crippen molar-refractivity contribution >= 4 is 23.3 Å². The number of halogens is 5. The molecule has 16 heavy (non-hydrogen) atoms. The highest BCUT2D eigenvalue weighted by Gasteiger charge is 2.38. The Balaban J connectivity index is 0.000000293. The van der Waals surface area contributed by atoms with Crippen LogP contribution in [0.15, 0.2) is 18.2 Å². The maximum atomic E-state index is 12.4. The van der Waals surface area contributed by atoms with Crippen molar-refractivity contribution < 1.29 is 27.5 Å². The van der Waals surface area contributed by atoms with Crippen LogP contribution in [-0.4, -0.2) is 17.3 Å². The number of nitrogens with two attached hydrogens (primary N) is 1. The van der Waals surface area contributed by atoms with Gasteiger partial charge < -0.3 is 10.8 Å². The van der Waals surface area contributed by atoms with Crippen LogP contribution in [0.25, 0.3) is 0 Å². The van der Waals surface area contributed by atoms with Gasteiger partial charge in [-0.05, 0) is 12.1 Å². The van der Waals surface area contributed by atoms with Crippen LogP contribution in [-0.2, 0) is 4.79 Å². The molecule has 90 valence electrons. The van der Waals surface area contributed by atoms with Crippen molar-refractivity contribution in [1.29, 1.82) is 0 Å². The molecule has 0 spiro atoms. The highest BCUT2D eigenvalue weighted by Crippen LogP contribution is 2.20. The average Bonchev–Trinajstić information content (AvgIpc) is 2.13. The third-order valence-corrected chi connectivity index (χ3v) is 1.57. The van der Waals surface area contributed by atoms with Crippen LogP contribution >= 0.6 is 11.6 Å². The van der Waals surface area contributed by atoms with Gasteiger partial charge in [0.2, 0.25) is 0 Å². The zero-order valence-corrected chi connectivity index (χ0v) is 8.31. The second-order valence-corrected chi connectivity index (χ2v) is 2.85. The van der Waals surface area contributed by atoms with E-state index in [0.717, 1.165) is 0 Å². The van der Waals surface area contributed by atoms with E-state index in [-0.39, 0.29) is 10.7 Å². The van der Waals surface area contributed by atoms with Gasteiger partial charge in [0.05, 0.1) is 10.7 Å². The lowest BCUT2D eigenvalue weighted by atomic mass is 10.3. The molecular formula is C8H6ClF4NO2. The molecule has 0 bridgehead atoms. The van der Waals surface area contributed by atoms with Gasteiger partial charge >= 0.3 is 12.1 Å². The molecule has 1 aromatic carbocycles. The van der Waals surface area contributed by atoms with E-state index in [1.807, 2.05) is 0 Å². The third-order valence-electron chi connectivity index (χ3n) is 1.24. The molecule has 1 aromatic rings. The summed E-state index contributed by atoms with van der Waals surface area (Å²) in [5, 5.41) is 7.38. The first-order valence-electron chi connectivity index (χ1n) is 3.66. The number of anilines is 1. The smallest absolute Gasteiger partial charge is 0.475 e. The van der Waals surface area contributed by atoms with Crippen LogP contribution in [0.2, 0.25) is 5.02 Å². The van der Waals surface area contributed by atoms with Crippen LogP contribution in [0.3, 0.4) is 0 Å². The van der Waals surface area contributed by atoms with Crippen LogP contribution in [0, 0.1) is 5.82 Å². The highest BCUT2D eigenvalue weighted by molar-refractivity contribution is 6.33. The fourth-order valence-electron chi connectivity index (χ4n) is 0.511. The summed E-state index contributed by atoms with van der Waals surface area (Å²) >= 11 is 5.45. The van der Waals surface area contributed by atoms with Crippen LogP contribution in [0.4, 0.5) is 23.2 Å². The summed E-state index contributed by atoms with van der Waals surface area (Å²) in [5.74, 6) is -3.23. The molecule has 0 aliphatic rings. The third kappa shape index (κ3) is 4.83. The SMILES string of the molecule is Nc1c(F)cccc1Cl.O=C(O)C(F)(F)F. The maximum Gasteiger partial charge on any atom is 0.490 e. The van der Waals surface area contributed by atoms with Crippen molar-refractivity contribution in [2.75, 3.05) is 5.73 Å². The Labute approximate surface area is 92.4 Å². The minimum absolute atomic E-state index is 0.0131. The van der Waals surface area contributed by atoms with E-state index in [2.05, 4.69) is 0 Å². The van der Waals surface area contributed by atoms with E-state index >= 15 is 0 Å². The number of hydrogen-bond acceptors (Lipinski definition) is 2. The number of rotatable bonds is 0. The van der Waals surface area contributed by atoms with Crippen molar-refractivity contribution in [3.63, 3.8) is 0 Å². The number of hydrogen-bond donors (Lipinski definition) is 2. The summed E-state index contributed by atoms with van der Waals surface area (Å²) in [6, 6.07) is 4.31. The van der Waals surface area contributed by atoms with Gasteiger partial charge in [-0.2, -0.15) is 13.2 Å². The van der Waals surface area contributed by atoms with Gasteiger partial charge in [-0.25, -0.2) is 9.18 Å². The lowest BCUT2D eigenvalue weighted by Crippen LogP contribution is -2.21. The molecule has 3 nitrogen and oxygen atoms in total. The number of aliphatic carboxylic acids is 1. The van der Waals surface area contributed by atoms with Gasteiger partial charge in [-0.1, -0.05) is 17.7 Å². The van der Waals surface area contributed by atoms with E-state index in [1.165, 1.54) is 12.1 Å². The second-order valence-electron chi connectivity index (χ2n) is 2.44. The Morgan fingerprint density at radius 3 is 2.06 bits per heavy atom. The number of carboxylic acid groups (broad SMARTS) is 1. The number of nitrogen functional groups attached to an aromatic ring is 1. The number of benzene rings is 1. The summed E-state index contributed by atoms with van der Waals surface area (Å²) in [4.78, 5) is 8.90. The predicted molar refractivity (Wildman–Crippen MR) is 49.5 cm³/mol. The first-order valence-corrected chi connectivity index (χ1v) is 4.03. The van der Waals surface area contributed by atoms with Gasteiger partial charge in [0, 0.05) is 0 Å². The first-order chi connectivity index (χ1) is 7.16. The standard InChI is InChI=1S/C6H5ClFN.C2HF3O2/c7-4-2-1-3-5(8)6(4)9;3-2(4,5)1(6)7/h1-3H,9H2;(H,6,7). The molecule has 0 heterocycles. The number of para-hydroxylation sites is 1. The number of carbonyl (C=O) groups is 1. The molecule has 0 fully saturated rings. The van der Waals surface area contributed by atoms with Gasteiger partial charge in [0.25, 0.3) is 0 Å². The summed E-state index contributed by atoms with van der Waals surface area (Å²) in [6.45, 7) is 0. The number of carboxylic acids is 1. The Bertz CT molecular complexity index is 361. The topological polar surface area (TPSA) is 63.3 Å². The molecule has 0 saturated heterocycles. The van der Waals surface area contributed by atoms with E-state index in [0.29, 0.717) is 0 Å². The van der Waals surface area contributed by atoms with E-state index in [9.17, 15) is 17.6 Å². The lowest BCUT2D eigenvalue weighted by Gasteiger charge is -1.95. The van der Waals surface area contributed by atoms with Gasteiger partial charge in [-0.3, -0.25) is 0 Å². The molecule has 0 saturated carbocycles. The molecular weight excluding hydrogens is 254 g/mol. The largest absolute Gasteiger partial charge is 0.490 e. The van der Waals surface area contributed by atoms with Crippen molar-refractivity contribution in [2.45, 2.75) is 6.18 Å². The molecule has 0 aliphatic heterocycles. The van der Waals surface area contributed by atoms with Gasteiger partial charge in [0.15, 0.2) is 0 Å². The minimum atomic E-state index is -5.08. The molecule has 0 amide bonds. The number of alkyl halides is 3. The molecule has 0 aromatic heterocycles. The zero-order chi connectivity index (χ0) is 12.9. The zero-order valence-electron chi connectivity index (χ0n) is 7.55. The molecule has 0 unspecified atom stereocenters. The molecule has 0 atom stereocenters. The normalized spacial score (nSPS) is 10.3. The first kappa shape index (κ1) is 14.5. The summed E-state index contributed by atoms with van der Waals surface area (Å²) in [5.41, 5.74) is 5.19. The monoisotopic (exact) mass is 259 g/mol. The van der Waals surface area contributed by atoms with Crippen molar-refractivity contribution in [2.24, 2.45) is 0 Å². The van der Waals surface area contributed by atoms with E-state index in [4.69, 9.17) is 27.2 Å².